The highest BCUT2D eigenvalue weighted by atomic mass is 32.2. The minimum absolute atomic E-state index is 0.220. The van der Waals surface area contributed by atoms with Crippen LogP contribution in [0.25, 0.3) is 10.8 Å². The molecule has 3 aromatic carbocycles. The molecule has 7 rings (SSSR count). The molecule has 10 heteroatoms. The normalized spacial score (nSPS) is 19.5. The fourth-order valence-electron chi connectivity index (χ4n) is 5.79. The zero-order valence-corrected chi connectivity index (χ0v) is 24.0. The van der Waals surface area contributed by atoms with Crippen LogP contribution >= 0.6 is 23.1 Å². The minimum atomic E-state index is -0.752. The summed E-state index contributed by atoms with van der Waals surface area (Å²) in [5.74, 6) is -2.25. The predicted molar refractivity (Wildman–Crippen MR) is 164 cm³/mol. The first-order chi connectivity index (χ1) is 20.4. The van der Waals surface area contributed by atoms with Gasteiger partial charge in [-0.3, -0.25) is 28.7 Å². The second-order valence-electron chi connectivity index (χ2n) is 10.4. The zero-order valence-electron chi connectivity index (χ0n) is 22.4. The van der Waals surface area contributed by atoms with Gasteiger partial charge in [0.1, 0.15) is 11.8 Å². The summed E-state index contributed by atoms with van der Waals surface area (Å²) in [5, 5.41) is 4.63. The van der Waals surface area contributed by atoms with Gasteiger partial charge in [-0.05, 0) is 42.1 Å². The Kier molecular flexibility index (Phi) is 6.52. The van der Waals surface area contributed by atoms with E-state index < -0.39 is 17.1 Å². The van der Waals surface area contributed by atoms with Gasteiger partial charge in [0.25, 0.3) is 0 Å². The molecule has 0 saturated carbocycles. The van der Waals surface area contributed by atoms with E-state index in [0.29, 0.717) is 21.3 Å². The number of amides is 3. The molecule has 4 heterocycles. The first-order valence-electron chi connectivity index (χ1n) is 13.4. The van der Waals surface area contributed by atoms with Gasteiger partial charge in [-0.25, -0.2) is 4.90 Å². The summed E-state index contributed by atoms with van der Waals surface area (Å²) < 4.78 is 1.43. The molecule has 42 heavy (non-hydrogen) atoms. The van der Waals surface area contributed by atoms with Crippen molar-refractivity contribution in [1.29, 1.82) is 0 Å². The van der Waals surface area contributed by atoms with Crippen LogP contribution in [0.4, 0.5) is 11.4 Å². The van der Waals surface area contributed by atoms with Crippen LogP contribution in [0, 0.1) is 12.8 Å². The number of rotatable bonds is 5. The molecule has 0 aliphatic carbocycles. The Morgan fingerprint density at radius 2 is 1.71 bits per heavy atom. The highest BCUT2D eigenvalue weighted by Crippen LogP contribution is 2.53. The van der Waals surface area contributed by atoms with Gasteiger partial charge in [-0.2, -0.15) is 0 Å². The maximum atomic E-state index is 13.9. The number of nitrogens with zero attached hydrogens (tertiary/aromatic N) is 3. The van der Waals surface area contributed by atoms with Crippen molar-refractivity contribution >= 4 is 63.0 Å². The highest BCUT2D eigenvalue weighted by Gasteiger charge is 2.56. The van der Waals surface area contributed by atoms with Gasteiger partial charge in [0.05, 0.1) is 16.6 Å². The molecule has 0 spiro atoms. The third-order valence-electron chi connectivity index (χ3n) is 7.75. The molecule has 0 radical (unpaired) electrons. The van der Waals surface area contributed by atoms with Crippen molar-refractivity contribution in [3.8, 4) is 0 Å². The van der Waals surface area contributed by atoms with Crippen LogP contribution in [0.1, 0.15) is 21.9 Å². The van der Waals surface area contributed by atoms with E-state index in [2.05, 4.69) is 10.3 Å². The molecule has 2 unspecified atom stereocenters. The first kappa shape index (κ1) is 26.4. The molecule has 2 aliphatic rings. The van der Waals surface area contributed by atoms with Gasteiger partial charge < -0.3 is 5.32 Å². The first-order valence-corrected chi connectivity index (χ1v) is 15.1. The third kappa shape index (κ3) is 4.34. The zero-order chi connectivity index (χ0) is 29.0. The summed E-state index contributed by atoms with van der Waals surface area (Å²) in [6.07, 6.45) is 3.32. The van der Waals surface area contributed by atoms with Crippen molar-refractivity contribution in [3.05, 3.63) is 117 Å². The lowest BCUT2D eigenvalue weighted by molar-refractivity contribution is -0.122. The van der Waals surface area contributed by atoms with Crippen LogP contribution in [0.15, 0.2) is 101 Å². The third-order valence-corrected chi connectivity index (χ3v) is 10.4. The van der Waals surface area contributed by atoms with Gasteiger partial charge in [0.2, 0.25) is 17.7 Å². The Balaban J connectivity index is 1.27. The van der Waals surface area contributed by atoms with E-state index >= 15 is 0 Å². The number of fused-ring (bicyclic) bond motifs is 3. The maximum Gasteiger partial charge on any atom is 0.308 e. The molecule has 2 aromatic heterocycles. The fraction of sp³-hybridized carbons (Fsp3) is 0.156. The van der Waals surface area contributed by atoms with Crippen LogP contribution in [0.5, 0.6) is 0 Å². The van der Waals surface area contributed by atoms with E-state index in [4.69, 9.17) is 0 Å². The lowest BCUT2D eigenvalue weighted by atomic mass is 9.84. The van der Waals surface area contributed by atoms with Gasteiger partial charge in [0.15, 0.2) is 0 Å². The van der Waals surface area contributed by atoms with Crippen molar-refractivity contribution in [3.63, 3.8) is 0 Å². The minimum Gasteiger partial charge on any atom is -0.324 e. The lowest BCUT2D eigenvalue weighted by Crippen LogP contribution is -2.33. The Hall–Kier alpha value is -4.54. The monoisotopic (exact) mass is 592 g/mol. The van der Waals surface area contributed by atoms with Crippen molar-refractivity contribution in [2.75, 3.05) is 10.2 Å². The quantitative estimate of drug-likeness (QED) is 0.282. The average Bonchev–Trinajstić information content (AvgIpc) is 3.44. The molecule has 208 valence electrons. The number of nitrogens with one attached hydrogen (secondary N) is 1. The molecule has 3 amide bonds. The van der Waals surface area contributed by atoms with Crippen molar-refractivity contribution in [2.45, 2.75) is 29.7 Å². The Bertz CT molecular complexity index is 1930. The van der Waals surface area contributed by atoms with E-state index in [-0.39, 0.29) is 29.1 Å². The topological polar surface area (TPSA) is 101 Å². The lowest BCUT2D eigenvalue weighted by Gasteiger charge is -2.30. The van der Waals surface area contributed by atoms with Gasteiger partial charge in [-0.15, -0.1) is 0 Å². The number of pyridine rings is 1. The second-order valence-corrected chi connectivity index (χ2v) is 12.5. The SMILES string of the molecule is Cc1ccc(N2C(=O)C3Sc4c(sc(=O)n4CC(=O)Nc4cccc5ccccc45)[C@H](c4cccnc4)C3C2=O)cc1. The molecule has 5 aromatic rings. The number of imide groups is 1. The molecule has 8 nitrogen and oxygen atoms in total. The van der Waals surface area contributed by atoms with Crippen LogP contribution < -0.4 is 15.1 Å². The molecule has 2 aliphatic heterocycles. The number of thiazole rings is 1. The Labute approximate surface area is 249 Å². The Morgan fingerprint density at radius 1 is 0.929 bits per heavy atom. The number of hydrogen-bond donors (Lipinski definition) is 1. The average molecular weight is 593 g/mol. The summed E-state index contributed by atoms with van der Waals surface area (Å²) in [4.78, 5) is 60.3. The molecule has 1 saturated heterocycles. The number of carbonyl (C=O) groups is 3. The van der Waals surface area contributed by atoms with Crippen LogP contribution in [0.2, 0.25) is 0 Å². The van der Waals surface area contributed by atoms with Gasteiger partial charge >= 0.3 is 4.87 Å². The largest absolute Gasteiger partial charge is 0.324 e. The van der Waals surface area contributed by atoms with Gasteiger partial charge in [0, 0.05) is 34.3 Å². The Morgan fingerprint density at radius 3 is 2.50 bits per heavy atom. The molecule has 1 fully saturated rings. The van der Waals surface area contributed by atoms with E-state index in [0.717, 1.165) is 33.2 Å². The molecule has 3 atom stereocenters. The summed E-state index contributed by atoms with van der Waals surface area (Å²) in [6.45, 7) is 1.72. The van der Waals surface area contributed by atoms with Crippen LogP contribution in [-0.2, 0) is 20.9 Å². The van der Waals surface area contributed by atoms with E-state index in [1.807, 2.05) is 67.6 Å². The van der Waals surface area contributed by atoms with E-state index in [1.54, 1.807) is 30.6 Å². The van der Waals surface area contributed by atoms with E-state index in [9.17, 15) is 19.2 Å². The standard InChI is InChI=1S/C32H24N4O4S2/c1-18-11-13-21(14-12-18)36-29(38)26-25(20-8-5-15-33-16-20)28-31(41-27(26)30(36)39)35(32(40)42-28)17-24(37)34-23-10-4-7-19-6-2-3-9-22(19)23/h2-16,25-27H,17H2,1H3,(H,34,37)/t25-,26?,27?/m1/s1. The summed E-state index contributed by atoms with van der Waals surface area (Å²) in [5.41, 5.74) is 2.94. The summed E-state index contributed by atoms with van der Waals surface area (Å²) in [6, 6.07) is 24.3. The smallest absolute Gasteiger partial charge is 0.308 e. The molecular weight excluding hydrogens is 569 g/mol. The second kappa shape index (κ2) is 10.4. The van der Waals surface area contributed by atoms with Crippen LogP contribution in [0.3, 0.4) is 0 Å². The molecule has 0 bridgehead atoms. The molecular formula is C32H24N4O4S2. The number of thioether (sulfide) groups is 1. The highest BCUT2D eigenvalue weighted by molar-refractivity contribution is 8.00. The number of aryl methyl sites for hydroxylation is 1. The maximum absolute atomic E-state index is 13.9. The summed E-state index contributed by atoms with van der Waals surface area (Å²) >= 11 is 2.22. The number of anilines is 2. The van der Waals surface area contributed by atoms with Crippen molar-refractivity contribution in [2.24, 2.45) is 5.92 Å². The number of aromatic nitrogens is 2. The number of carbonyl (C=O) groups excluding carboxylic acids is 3. The summed E-state index contributed by atoms with van der Waals surface area (Å²) in [7, 11) is 0. The predicted octanol–water partition coefficient (Wildman–Crippen LogP) is 5.20. The van der Waals surface area contributed by atoms with Crippen LogP contribution in [-0.4, -0.2) is 32.5 Å². The van der Waals surface area contributed by atoms with Crippen molar-refractivity contribution < 1.29 is 14.4 Å². The van der Waals surface area contributed by atoms with Gasteiger partial charge in [-0.1, -0.05) is 83.3 Å². The number of benzene rings is 3. The fourth-order valence-corrected chi connectivity index (χ4v) is 8.56. The van der Waals surface area contributed by atoms with E-state index in [1.165, 1.54) is 21.2 Å². The number of hydrogen-bond acceptors (Lipinski definition) is 7. The van der Waals surface area contributed by atoms with Crippen molar-refractivity contribution in [1.82, 2.24) is 9.55 Å². The molecule has 1 N–H and O–H groups in total.